The zero-order valence-corrected chi connectivity index (χ0v) is 9.97. The summed E-state index contributed by atoms with van der Waals surface area (Å²) in [6.07, 6.45) is 0. The molecule has 4 nitrogen and oxygen atoms in total. The average Bonchev–Trinajstić information content (AvgIpc) is 2.38. The molecule has 0 amide bonds. The Morgan fingerprint density at radius 3 is 2.76 bits per heavy atom. The summed E-state index contributed by atoms with van der Waals surface area (Å²) in [5.41, 5.74) is 9.46. The summed E-state index contributed by atoms with van der Waals surface area (Å²) in [5, 5.41) is 0. The molecule has 2 aromatic rings. The lowest BCUT2D eigenvalue weighted by molar-refractivity contribution is 0.379. The molecular weight excluding hydrogens is 214 g/mol. The third kappa shape index (κ3) is 2.60. The summed E-state index contributed by atoms with van der Waals surface area (Å²) in [5.74, 6) is 0. The second-order valence-electron chi connectivity index (χ2n) is 3.79. The minimum Gasteiger partial charge on any atom is -0.467 e. The molecule has 0 bridgehead atoms. The summed E-state index contributed by atoms with van der Waals surface area (Å²) in [6.45, 7) is 2.44. The number of ether oxygens (including phenoxy) is 1. The second-order valence-corrected chi connectivity index (χ2v) is 3.79. The molecule has 0 spiro atoms. The quantitative estimate of drug-likeness (QED) is 0.873. The Labute approximate surface area is 100 Å². The van der Waals surface area contributed by atoms with Crippen molar-refractivity contribution in [2.75, 3.05) is 7.11 Å². The Bertz CT molecular complexity index is 526. The normalized spacial score (nSPS) is 10.3. The highest BCUT2D eigenvalue weighted by Crippen LogP contribution is 2.20. The van der Waals surface area contributed by atoms with Gasteiger partial charge in [-0.3, -0.25) is 0 Å². The third-order valence-corrected chi connectivity index (χ3v) is 2.47. The minimum absolute atomic E-state index is 0.387. The van der Waals surface area contributed by atoms with Gasteiger partial charge in [-0.25, -0.2) is 4.98 Å². The topological polar surface area (TPSA) is 61.0 Å². The van der Waals surface area contributed by atoms with Gasteiger partial charge in [0.15, 0.2) is 0 Å². The van der Waals surface area contributed by atoms with E-state index in [0.29, 0.717) is 12.6 Å². The van der Waals surface area contributed by atoms with Crippen molar-refractivity contribution >= 4 is 0 Å². The van der Waals surface area contributed by atoms with Gasteiger partial charge in [0.2, 0.25) is 0 Å². The third-order valence-electron chi connectivity index (χ3n) is 2.47. The van der Waals surface area contributed by atoms with Crippen LogP contribution in [0.5, 0.6) is 6.01 Å². The Kier molecular flexibility index (Phi) is 3.35. The molecule has 0 saturated heterocycles. The van der Waals surface area contributed by atoms with Crippen molar-refractivity contribution in [3.8, 4) is 17.3 Å². The Morgan fingerprint density at radius 1 is 1.24 bits per heavy atom. The van der Waals surface area contributed by atoms with Crippen molar-refractivity contribution in [1.82, 2.24) is 9.97 Å². The fraction of sp³-hybridized carbons (Fsp3) is 0.231. The van der Waals surface area contributed by atoms with Crippen LogP contribution in [0.2, 0.25) is 0 Å². The number of hydrogen-bond acceptors (Lipinski definition) is 4. The first kappa shape index (κ1) is 11.5. The Hall–Kier alpha value is -1.94. The molecule has 4 heteroatoms. The maximum Gasteiger partial charge on any atom is 0.316 e. The average molecular weight is 229 g/mol. The summed E-state index contributed by atoms with van der Waals surface area (Å²) in [6, 6.07) is 10.3. The van der Waals surface area contributed by atoms with Crippen LogP contribution < -0.4 is 10.5 Å². The predicted molar refractivity (Wildman–Crippen MR) is 66.6 cm³/mol. The molecule has 0 aliphatic carbocycles. The van der Waals surface area contributed by atoms with Crippen molar-refractivity contribution in [3.63, 3.8) is 0 Å². The van der Waals surface area contributed by atoms with Crippen molar-refractivity contribution in [2.24, 2.45) is 5.73 Å². The number of aromatic nitrogens is 2. The van der Waals surface area contributed by atoms with Gasteiger partial charge in [-0.2, -0.15) is 4.98 Å². The Morgan fingerprint density at radius 2 is 2.06 bits per heavy atom. The number of nitrogens with zero attached hydrogens (tertiary/aromatic N) is 2. The zero-order chi connectivity index (χ0) is 12.3. The van der Waals surface area contributed by atoms with E-state index in [-0.39, 0.29) is 0 Å². The Balaban J connectivity index is 2.47. The highest BCUT2D eigenvalue weighted by molar-refractivity contribution is 5.60. The van der Waals surface area contributed by atoms with Crippen LogP contribution in [0.15, 0.2) is 30.3 Å². The molecule has 88 valence electrons. The maximum absolute atomic E-state index is 5.63. The van der Waals surface area contributed by atoms with Gasteiger partial charge in [0.1, 0.15) is 0 Å². The number of hydrogen-bond donors (Lipinski definition) is 1. The molecule has 0 atom stereocenters. The van der Waals surface area contributed by atoms with E-state index in [0.717, 1.165) is 22.5 Å². The molecule has 0 unspecified atom stereocenters. The van der Waals surface area contributed by atoms with Gasteiger partial charge in [-0.15, -0.1) is 0 Å². The highest BCUT2D eigenvalue weighted by Gasteiger charge is 2.05. The van der Waals surface area contributed by atoms with Gasteiger partial charge in [0, 0.05) is 17.8 Å². The smallest absolute Gasteiger partial charge is 0.316 e. The first-order chi connectivity index (χ1) is 8.22. The van der Waals surface area contributed by atoms with Gasteiger partial charge >= 0.3 is 6.01 Å². The molecule has 0 radical (unpaired) electrons. The maximum atomic E-state index is 5.63. The van der Waals surface area contributed by atoms with Crippen LogP contribution in [-0.4, -0.2) is 17.1 Å². The largest absolute Gasteiger partial charge is 0.467 e. The van der Waals surface area contributed by atoms with Crippen LogP contribution in [0.3, 0.4) is 0 Å². The molecular formula is C13H15N3O. The van der Waals surface area contributed by atoms with E-state index in [4.69, 9.17) is 10.5 Å². The van der Waals surface area contributed by atoms with Crippen LogP contribution in [-0.2, 0) is 6.54 Å². The van der Waals surface area contributed by atoms with Gasteiger partial charge in [-0.1, -0.05) is 18.2 Å². The molecule has 0 fully saturated rings. The minimum atomic E-state index is 0.387. The van der Waals surface area contributed by atoms with Crippen LogP contribution in [0.1, 0.15) is 11.3 Å². The van der Waals surface area contributed by atoms with Crippen LogP contribution in [0, 0.1) is 6.92 Å². The molecule has 0 saturated carbocycles. The summed E-state index contributed by atoms with van der Waals surface area (Å²) < 4.78 is 5.07. The molecule has 1 heterocycles. The van der Waals surface area contributed by atoms with E-state index < -0.39 is 0 Å². The first-order valence-corrected chi connectivity index (χ1v) is 5.42. The van der Waals surface area contributed by atoms with E-state index in [1.807, 2.05) is 37.3 Å². The highest BCUT2D eigenvalue weighted by atomic mass is 16.5. The van der Waals surface area contributed by atoms with E-state index >= 15 is 0 Å². The lowest BCUT2D eigenvalue weighted by Crippen LogP contribution is -1.98. The summed E-state index contributed by atoms with van der Waals surface area (Å²) in [4.78, 5) is 8.49. The number of aryl methyl sites for hydroxylation is 1. The standard InChI is InChI=1S/C13H15N3O/c1-9-6-12(16-13(15-9)17-2)11-5-3-4-10(7-11)8-14/h3-7H,8,14H2,1-2H3. The monoisotopic (exact) mass is 229 g/mol. The fourth-order valence-corrected chi connectivity index (χ4v) is 1.64. The van der Waals surface area contributed by atoms with Crippen LogP contribution in [0.25, 0.3) is 11.3 Å². The van der Waals surface area contributed by atoms with E-state index in [9.17, 15) is 0 Å². The van der Waals surface area contributed by atoms with E-state index in [1.54, 1.807) is 7.11 Å². The number of nitrogens with two attached hydrogens (primary N) is 1. The molecule has 1 aromatic carbocycles. The summed E-state index contributed by atoms with van der Waals surface area (Å²) in [7, 11) is 1.56. The second kappa shape index (κ2) is 4.93. The molecule has 2 rings (SSSR count). The van der Waals surface area contributed by atoms with Crippen LogP contribution in [0.4, 0.5) is 0 Å². The molecule has 17 heavy (non-hydrogen) atoms. The number of benzene rings is 1. The van der Waals surface area contributed by atoms with Crippen molar-refractivity contribution in [3.05, 3.63) is 41.6 Å². The lowest BCUT2D eigenvalue weighted by Gasteiger charge is -2.06. The van der Waals surface area contributed by atoms with E-state index in [1.165, 1.54) is 0 Å². The molecule has 1 aromatic heterocycles. The molecule has 0 aliphatic rings. The number of rotatable bonds is 3. The van der Waals surface area contributed by atoms with E-state index in [2.05, 4.69) is 9.97 Å². The predicted octanol–water partition coefficient (Wildman–Crippen LogP) is 1.92. The SMILES string of the molecule is COc1nc(C)cc(-c2cccc(CN)c2)n1. The van der Waals surface area contributed by atoms with Gasteiger partial charge < -0.3 is 10.5 Å². The number of methoxy groups -OCH3 is 1. The van der Waals surface area contributed by atoms with Gasteiger partial charge in [-0.05, 0) is 24.6 Å². The molecule has 0 aliphatic heterocycles. The van der Waals surface area contributed by atoms with Gasteiger partial charge in [0.05, 0.1) is 12.8 Å². The lowest BCUT2D eigenvalue weighted by atomic mass is 10.1. The fourth-order valence-electron chi connectivity index (χ4n) is 1.64. The van der Waals surface area contributed by atoms with Gasteiger partial charge in [0.25, 0.3) is 0 Å². The van der Waals surface area contributed by atoms with Crippen molar-refractivity contribution in [2.45, 2.75) is 13.5 Å². The summed E-state index contributed by atoms with van der Waals surface area (Å²) >= 11 is 0. The van der Waals surface area contributed by atoms with Crippen molar-refractivity contribution < 1.29 is 4.74 Å². The van der Waals surface area contributed by atoms with Crippen LogP contribution >= 0.6 is 0 Å². The zero-order valence-electron chi connectivity index (χ0n) is 9.97. The van der Waals surface area contributed by atoms with Crippen molar-refractivity contribution in [1.29, 1.82) is 0 Å². The molecule has 2 N–H and O–H groups in total. The first-order valence-electron chi connectivity index (χ1n) is 5.42.